The molecule has 7 nitrogen and oxygen atoms in total. The molecular formula is C19H13ClN2O5. The van der Waals surface area contributed by atoms with Gasteiger partial charge in [0.15, 0.2) is 5.75 Å². The van der Waals surface area contributed by atoms with E-state index in [1.807, 2.05) is 0 Å². The first-order valence-corrected chi connectivity index (χ1v) is 8.44. The number of benzene rings is 2. The van der Waals surface area contributed by atoms with Crippen molar-refractivity contribution in [1.82, 2.24) is 5.32 Å². The number of halogens is 1. The molecule has 3 aromatic rings. The van der Waals surface area contributed by atoms with E-state index < -0.39 is 16.5 Å². The van der Waals surface area contributed by atoms with Crippen LogP contribution in [-0.2, 0) is 0 Å². The van der Waals surface area contributed by atoms with E-state index >= 15 is 0 Å². The summed E-state index contributed by atoms with van der Waals surface area (Å²) in [5.41, 5.74) is 0.0110. The van der Waals surface area contributed by atoms with Crippen LogP contribution in [0.3, 0.4) is 0 Å². The second kappa shape index (κ2) is 6.44. The summed E-state index contributed by atoms with van der Waals surface area (Å²) in [6, 6.07) is 13.4. The molecule has 8 heteroatoms. The second-order valence-corrected chi connectivity index (χ2v) is 6.37. The molecule has 1 unspecified atom stereocenters. The lowest BCUT2D eigenvalue weighted by molar-refractivity contribution is -0.432. The zero-order chi connectivity index (χ0) is 19.1. The Hall–Kier alpha value is -3.32. The van der Waals surface area contributed by atoms with E-state index in [1.165, 1.54) is 7.05 Å². The van der Waals surface area contributed by atoms with Crippen molar-refractivity contribution >= 4 is 22.6 Å². The van der Waals surface area contributed by atoms with E-state index in [0.717, 1.165) is 0 Å². The van der Waals surface area contributed by atoms with Crippen molar-refractivity contribution in [3.8, 4) is 5.75 Å². The Kier molecular flexibility index (Phi) is 4.08. The van der Waals surface area contributed by atoms with Crippen molar-refractivity contribution in [1.29, 1.82) is 0 Å². The summed E-state index contributed by atoms with van der Waals surface area (Å²) in [6.07, 6.45) is 0. The topological polar surface area (TPSA) is 94.6 Å². The Morgan fingerprint density at radius 1 is 1.15 bits per heavy atom. The van der Waals surface area contributed by atoms with Crippen molar-refractivity contribution in [2.75, 3.05) is 7.05 Å². The van der Waals surface area contributed by atoms with Crippen molar-refractivity contribution in [2.45, 2.75) is 5.92 Å². The molecule has 0 saturated carbocycles. The SMILES string of the molecule is CNC1=C([N+](=O)[O-])C(c2ccc(Cl)cc2)c2c(c3ccccc3oc2=O)O1. The van der Waals surface area contributed by atoms with Gasteiger partial charge in [-0.1, -0.05) is 35.9 Å². The second-order valence-electron chi connectivity index (χ2n) is 5.94. The minimum absolute atomic E-state index is 0.0248. The Morgan fingerprint density at radius 2 is 1.85 bits per heavy atom. The van der Waals surface area contributed by atoms with Gasteiger partial charge in [-0.15, -0.1) is 0 Å². The van der Waals surface area contributed by atoms with Gasteiger partial charge in [-0.05, 0) is 29.8 Å². The van der Waals surface area contributed by atoms with E-state index in [2.05, 4.69) is 5.32 Å². The van der Waals surface area contributed by atoms with E-state index in [9.17, 15) is 14.9 Å². The highest BCUT2D eigenvalue weighted by atomic mass is 35.5. The number of nitro groups is 1. The molecule has 0 amide bonds. The molecule has 0 aliphatic carbocycles. The maximum atomic E-state index is 12.8. The molecule has 4 rings (SSSR count). The van der Waals surface area contributed by atoms with Gasteiger partial charge in [0.2, 0.25) is 0 Å². The predicted octanol–water partition coefficient (Wildman–Crippen LogP) is 3.64. The monoisotopic (exact) mass is 384 g/mol. The molecule has 2 aromatic carbocycles. The van der Waals surface area contributed by atoms with E-state index in [4.69, 9.17) is 20.8 Å². The third kappa shape index (κ3) is 2.72. The average Bonchev–Trinajstić information content (AvgIpc) is 2.67. The third-order valence-corrected chi connectivity index (χ3v) is 4.68. The number of nitrogens with one attached hydrogen (secondary N) is 1. The Labute approximate surface area is 158 Å². The first-order valence-electron chi connectivity index (χ1n) is 8.06. The minimum atomic E-state index is -0.968. The number of allylic oxidation sites excluding steroid dienone is 1. The Balaban J connectivity index is 2.09. The largest absolute Gasteiger partial charge is 0.434 e. The fourth-order valence-corrected chi connectivity index (χ4v) is 3.39. The van der Waals surface area contributed by atoms with Gasteiger partial charge in [-0.25, -0.2) is 4.79 Å². The van der Waals surface area contributed by atoms with Crippen LogP contribution in [0.5, 0.6) is 5.75 Å². The smallest absolute Gasteiger partial charge is 0.344 e. The number of ether oxygens (including phenoxy) is 1. The van der Waals surface area contributed by atoms with Gasteiger partial charge < -0.3 is 14.5 Å². The van der Waals surface area contributed by atoms with Crippen molar-refractivity contribution in [2.24, 2.45) is 0 Å². The van der Waals surface area contributed by atoms with Gasteiger partial charge in [0, 0.05) is 12.1 Å². The number of rotatable bonds is 3. The summed E-state index contributed by atoms with van der Waals surface area (Å²) in [4.78, 5) is 24.0. The van der Waals surface area contributed by atoms with Crippen LogP contribution in [0.25, 0.3) is 11.0 Å². The number of para-hydroxylation sites is 1. The third-order valence-electron chi connectivity index (χ3n) is 4.42. The highest BCUT2D eigenvalue weighted by molar-refractivity contribution is 6.30. The summed E-state index contributed by atoms with van der Waals surface area (Å²) < 4.78 is 11.2. The fraction of sp³-hybridized carbons (Fsp3) is 0.105. The fourth-order valence-electron chi connectivity index (χ4n) is 3.26. The van der Waals surface area contributed by atoms with Crippen molar-refractivity contribution < 1.29 is 14.1 Å². The number of hydrogen-bond donors (Lipinski definition) is 1. The van der Waals surface area contributed by atoms with Crippen LogP contribution < -0.4 is 15.7 Å². The molecular weight excluding hydrogens is 372 g/mol. The maximum Gasteiger partial charge on any atom is 0.344 e. The van der Waals surface area contributed by atoms with Gasteiger partial charge in [0.25, 0.3) is 5.88 Å². The highest BCUT2D eigenvalue weighted by Gasteiger charge is 2.42. The molecule has 0 fully saturated rings. The standard InChI is InChI=1S/C19H13ClN2O5/c1-21-18-16(22(24)25)14(10-6-8-11(20)9-7-10)15-17(27-18)12-4-2-3-5-13(12)26-19(15)23/h2-9,14,21H,1H3. The molecule has 2 heterocycles. The zero-order valence-electron chi connectivity index (χ0n) is 14.1. The van der Waals surface area contributed by atoms with Gasteiger partial charge in [-0.3, -0.25) is 10.1 Å². The van der Waals surface area contributed by atoms with Crippen LogP contribution in [0.4, 0.5) is 0 Å². The first kappa shape index (κ1) is 17.1. The van der Waals surface area contributed by atoms with E-state index in [-0.39, 0.29) is 22.9 Å². The Morgan fingerprint density at radius 3 is 2.52 bits per heavy atom. The molecule has 1 atom stereocenters. The predicted molar refractivity (Wildman–Crippen MR) is 99.5 cm³/mol. The first-order chi connectivity index (χ1) is 13.0. The Bertz CT molecular complexity index is 1150. The minimum Gasteiger partial charge on any atom is -0.434 e. The zero-order valence-corrected chi connectivity index (χ0v) is 14.8. The summed E-state index contributed by atoms with van der Waals surface area (Å²) in [6.45, 7) is 0. The number of nitrogens with zero attached hydrogens (tertiary/aromatic N) is 1. The van der Waals surface area contributed by atoms with Crippen LogP contribution in [-0.4, -0.2) is 12.0 Å². The molecule has 0 saturated heterocycles. The molecule has 27 heavy (non-hydrogen) atoms. The molecule has 1 aliphatic rings. The lowest BCUT2D eigenvalue weighted by atomic mass is 9.87. The normalized spacial score (nSPS) is 16.0. The van der Waals surface area contributed by atoms with Gasteiger partial charge in [-0.2, -0.15) is 0 Å². The lowest BCUT2D eigenvalue weighted by Gasteiger charge is -2.25. The summed E-state index contributed by atoms with van der Waals surface area (Å²) in [5.74, 6) is -0.746. The van der Waals surface area contributed by atoms with Crippen LogP contribution in [0.15, 0.2) is 69.3 Å². The van der Waals surface area contributed by atoms with E-state index in [1.54, 1.807) is 48.5 Å². The molecule has 1 aliphatic heterocycles. The quantitative estimate of drug-likeness (QED) is 0.421. The summed E-state index contributed by atoms with van der Waals surface area (Å²) in [5, 5.41) is 15.6. The lowest BCUT2D eigenvalue weighted by Crippen LogP contribution is -2.31. The average molecular weight is 385 g/mol. The van der Waals surface area contributed by atoms with E-state index in [0.29, 0.717) is 21.6 Å². The molecule has 0 radical (unpaired) electrons. The van der Waals surface area contributed by atoms with Crippen LogP contribution >= 0.6 is 11.6 Å². The molecule has 0 bridgehead atoms. The van der Waals surface area contributed by atoms with Gasteiger partial charge in [0.1, 0.15) is 11.5 Å². The molecule has 0 spiro atoms. The summed E-state index contributed by atoms with van der Waals surface area (Å²) >= 11 is 5.95. The summed E-state index contributed by atoms with van der Waals surface area (Å²) in [7, 11) is 1.52. The van der Waals surface area contributed by atoms with Gasteiger partial charge in [0.05, 0.1) is 15.9 Å². The highest BCUT2D eigenvalue weighted by Crippen LogP contribution is 2.44. The molecule has 1 aromatic heterocycles. The number of fused-ring (bicyclic) bond motifs is 3. The van der Waals surface area contributed by atoms with Crippen molar-refractivity contribution in [3.63, 3.8) is 0 Å². The van der Waals surface area contributed by atoms with Crippen LogP contribution in [0.2, 0.25) is 5.02 Å². The van der Waals surface area contributed by atoms with Crippen LogP contribution in [0, 0.1) is 10.1 Å². The number of hydrogen-bond acceptors (Lipinski definition) is 6. The van der Waals surface area contributed by atoms with Crippen molar-refractivity contribution in [3.05, 3.63) is 96.8 Å². The van der Waals surface area contributed by atoms with Gasteiger partial charge >= 0.3 is 11.3 Å². The van der Waals surface area contributed by atoms with Crippen LogP contribution in [0.1, 0.15) is 17.0 Å². The maximum absolute atomic E-state index is 12.8. The molecule has 136 valence electrons. The molecule has 1 N–H and O–H groups in total.